The number of hydrogen-bond donors (Lipinski definition) is 1. The van der Waals surface area contributed by atoms with Crippen LogP contribution in [0.5, 0.6) is 0 Å². The Morgan fingerprint density at radius 3 is 2.64 bits per heavy atom. The van der Waals surface area contributed by atoms with Crippen LogP contribution >= 0.6 is 0 Å². The van der Waals surface area contributed by atoms with Gasteiger partial charge in [-0.05, 0) is 6.92 Å². The van der Waals surface area contributed by atoms with Gasteiger partial charge in [-0.3, -0.25) is 9.69 Å². The minimum Gasteiger partial charge on any atom is -0.425 e. The van der Waals surface area contributed by atoms with Crippen molar-refractivity contribution in [1.29, 1.82) is 0 Å². The summed E-state index contributed by atoms with van der Waals surface area (Å²) in [5.41, 5.74) is 0. The van der Waals surface area contributed by atoms with E-state index in [0.29, 0.717) is 37.2 Å². The van der Waals surface area contributed by atoms with E-state index >= 15 is 0 Å². The van der Waals surface area contributed by atoms with Gasteiger partial charge in [0.05, 0.1) is 13.2 Å². The summed E-state index contributed by atoms with van der Waals surface area (Å²) in [6, 6.07) is 0.323. The molecule has 1 fully saturated rings. The molecule has 1 aliphatic rings. The van der Waals surface area contributed by atoms with E-state index in [1.165, 1.54) is 0 Å². The Morgan fingerprint density at radius 1 is 1.27 bits per heavy atom. The average molecular weight is 310 g/mol. The molecule has 1 aromatic rings. The molecule has 0 aliphatic carbocycles. The fourth-order valence-electron chi connectivity index (χ4n) is 2.32. The van der Waals surface area contributed by atoms with Gasteiger partial charge in [0.25, 0.3) is 0 Å². The van der Waals surface area contributed by atoms with E-state index in [1.54, 1.807) is 0 Å². The number of rotatable bonds is 7. The quantitative estimate of drug-likeness (QED) is 0.808. The van der Waals surface area contributed by atoms with Gasteiger partial charge in [0.15, 0.2) is 0 Å². The second kappa shape index (κ2) is 8.24. The van der Waals surface area contributed by atoms with Crippen molar-refractivity contribution in [3.63, 3.8) is 0 Å². The topological polar surface area (TPSA) is 80.5 Å². The molecular weight excluding hydrogens is 284 g/mol. The fourth-order valence-corrected chi connectivity index (χ4v) is 2.32. The Kier molecular flexibility index (Phi) is 6.33. The first-order valence-corrected chi connectivity index (χ1v) is 7.97. The van der Waals surface area contributed by atoms with Crippen LogP contribution in [-0.4, -0.2) is 59.9 Å². The van der Waals surface area contributed by atoms with Gasteiger partial charge in [0.2, 0.25) is 17.7 Å². The highest BCUT2D eigenvalue weighted by atomic mass is 16.5. The lowest BCUT2D eigenvalue weighted by molar-refractivity contribution is -0.121. The summed E-state index contributed by atoms with van der Waals surface area (Å²) in [6.07, 6.45) is 0.854. The molecule has 0 bridgehead atoms. The van der Waals surface area contributed by atoms with E-state index in [-0.39, 0.29) is 11.8 Å². The highest BCUT2D eigenvalue weighted by Crippen LogP contribution is 2.12. The molecular formula is C15H26N4O3. The Morgan fingerprint density at radius 2 is 2.00 bits per heavy atom. The third-order valence-corrected chi connectivity index (χ3v) is 3.81. The molecule has 1 aromatic heterocycles. The van der Waals surface area contributed by atoms with Gasteiger partial charge < -0.3 is 14.5 Å². The highest BCUT2D eigenvalue weighted by molar-refractivity contribution is 5.76. The molecule has 22 heavy (non-hydrogen) atoms. The molecule has 7 heteroatoms. The van der Waals surface area contributed by atoms with E-state index in [4.69, 9.17) is 9.15 Å². The van der Waals surface area contributed by atoms with E-state index in [0.717, 1.165) is 26.3 Å². The van der Waals surface area contributed by atoms with Gasteiger partial charge in [-0.15, -0.1) is 10.2 Å². The van der Waals surface area contributed by atoms with Crippen LogP contribution in [0.15, 0.2) is 4.42 Å². The van der Waals surface area contributed by atoms with E-state index in [9.17, 15) is 4.79 Å². The SMILES string of the molecule is CC(C)c1nnc(CCC(=O)NCC(C)N2CCOCC2)o1. The number of carbonyl (C=O) groups is 1. The van der Waals surface area contributed by atoms with Crippen LogP contribution in [0.2, 0.25) is 0 Å². The van der Waals surface area contributed by atoms with Crippen LogP contribution < -0.4 is 5.32 Å². The minimum atomic E-state index is 0.0180. The Labute approximate surface area is 131 Å². The van der Waals surface area contributed by atoms with Gasteiger partial charge in [-0.2, -0.15) is 0 Å². The fraction of sp³-hybridized carbons (Fsp3) is 0.800. The van der Waals surface area contributed by atoms with Gasteiger partial charge >= 0.3 is 0 Å². The molecule has 7 nitrogen and oxygen atoms in total. The minimum absolute atomic E-state index is 0.0180. The molecule has 0 spiro atoms. The van der Waals surface area contributed by atoms with Crippen LogP contribution in [0, 0.1) is 0 Å². The lowest BCUT2D eigenvalue weighted by atomic mass is 10.2. The molecule has 1 atom stereocenters. The normalized spacial score (nSPS) is 17.6. The zero-order valence-corrected chi connectivity index (χ0v) is 13.7. The second-order valence-electron chi connectivity index (χ2n) is 5.99. The predicted molar refractivity (Wildman–Crippen MR) is 81.6 cm³/mol. The van der Waals surface area contributed by atoms with Crippen molar-refractivity contribution in [2.75, 3.05) is 32.8 Å². The number of morpholine rings is 1. The summed E-state index contributed by atoms with van der Waals surface area (Å²) in [6.45, 7) is 10.2. The van der Waals surface area contributed by atoms with E-state index in [1.807, 2.05) is 13.8 Å². The van der Waals surface area contributed by atoms with Gasteiger partial charge in [0, 0.05) is 44.4 Å². The molecule has 1 amide bonds. The molecule has 0 aromatic carbocycles. The lowest BCUT2D eigenvalue weighted by Gasteiger charge is -2.32. The van der Waals surface area contributed by atoms with Crippen molar-refractivity contribution in [1.82, 2.24) is 20.4 Å². The number of hydrogen-bond acceptors (Lipinski definition) is 6. The third kappa shape index (κ3) is 5.06. The van der Waals surface area contributed by atoms with Gasteiger partial charge in [-0.1, -0.05) is 13.8 Å². The zero-order chi connectivity index (χ0) is 15.9. The summed E-state index contributed by atoms with van der Waals surface area (Å²) < 4.78 is 10.8. The average Bonchev–Trinajstić information content (AvgIpc) is 3.00. The molecule has 124 valence electrons. The lowest BCUT2D eigenvalue weighted by Crippen LogP contribution is -2.47. The maximum absolute atomic E-state index is 11.9. The number of aromatic nitrogens is 2. The Hall–Kier alpha value is -1.47. The number of nitrogens with one attached hydrogen (secondary N) is 1. The van der Waals surface area contributed by atoms with Crippen molar-refractivity contribution in [2.45, 2.75) is 45.6 Å². The van der Waals surface area contributed by atoms with Crippen LogP contribution in [0.25, 0.3) is 0 Å². The molecule has 0 saturated carbocycles. The van der Waals surface area contributed by atoms with Gasteiger partial charge in [0.1, 0.15) is 0 Å². The summed E-state index contributed by atoms with van der Waals surface area (Å²) in [5, 5.41) is 10.9. The van der Waals surface area contributed by atoms with Crippen molar-refractivity contribution >= 4 is 5.91 Å². The largest absolute Gasteiger partial charge is 0.425 e. The third-order valence-electron chi connectivity index (χ3n) is 3.81. The molecule has 1 aliphatic heterocycles. The summed E-state index contributed by atoms with van der Waals surface area (Å²) >= 11 is 0. The maximum Gasteiger partial charge on any atom is 0.220 e. The zero-order valence-electron chi connectivity index (χ0n) is 13.7. The number of nitrogens with zero attached hydrogens (tertiary/aromatic N) is 3. The second-order valence-corrected chi connectivity index (χ2v) is 5.99. The summed E-state index contributed by atoms with van der Waals surface area (Å²) in [5.74, 6) is 1.38. The van der Waals surface area contributed by atoms with Crippen molar-refractivity contribution < 1.29 is 13.9 Å². The van der Waals surface area contributed by atoms with Crippen molar-refractivity contribution in [3.8, 4) is 0 Å². The molecule has 1 N–H and O–H groups in total. The van der Waals surface area contributed by atoms with Crippen LogP contribution in [-0.2, 0) is 16.0 Å². The number of aryl methyl sites for hydroxylation is 1. The van der Waals surface area contributed by atoms with Crippen molar-refractivity contribution in [3.05, 3.63) is 11.8 Å². The van der Waals surface area contributed by atoms with E-state index < -0.39 is 0 Å². The molecule has 2 heterocycles. The first-order chi connectivity index (χ1) is 10.6. The number of carbonyl (C=O) groups excluding carboxylic acids is 1. The molecule has 1 unspecified atom stereocenters. The highest BCUT2D eigenvalue weighted by Gasteiger charge is 2.17. The first-order valence-electron chi connectivity index (χ1n) is 7.97. The predicted octanol–water partition coefficient (Wildman–Crippen LogP) is 0.963. The maximum atomic E-state index is 11.9. The number of ether oxygens (including phenoxy) is 1. The first kappa shape index (κ1) is 16.9. The molecule has 2 rings (SSSR count). The Bertz CT molecular complexity index is 469. The van der Waals surface area contributed by atoms with E-state index in [2.05, 4.69) is 27.3 Å². The standard InChI is InChI=1S/C15H26N4O3/c1-11(2)15-18-17-14(22-15)5-4-13(20)16-10-12(3)19-6-8-21-9-7-19/h11-12H,4-10H2,1-3H3,(H,16,20). The molecule has 1 saturated heterocycles. The van der Waals surface area contributed by atoms with Crippen LogP contribution in [0.4, 0.5) is 0 Å². The van der Waals surface area contributed by atoms with Crippen LogP contribution in [0.3, 0.4) is 0 Å². The Balaban J connectivity index is 1.66. The van der Waals surface area contributed by atoms with Gasteiger partial charge in [-0.25, -0.2) is 0 Å². The summed E-state index contributed by atoms with van der Waals surface area (Å²) in [7, 11) is 0. The summed E-state index contributed by atoms with van der Waals surface area (Å²) in [4.78, 5) is 14.2. The smallest absolute Gasteiger partial charge is 0.220 e. The monoisotopic (exact) mass is 310 g/mol. The van der Waals surface area contributed by atoms with Crippen molar-refractivity contribution in [2.24, 2.45) is 0 Å². The molecule has 0 radical (unpaired) electrons. The van der Waals surface area contributed by atoms with Crippen LogP contribution in [0.1, 0.15) is 44.9 Å². The number of amides is 1.